The monoisotopic (exact) mass is 273 g/mol. The van der Waals surface area contributed by atoms with Gasteiger partial charge in [0.25, 0.3) is 0 Å². The lowest BCUT2D eigenvalue weighted by molar-refractivity contribution is 0.0378. The van der Waals surface area contributed by atoms with Crippen LogP contribution in [0.3, 0.4) is 0 Å². The molecule has 0 fully saturated rings. The first-order valence-corrected chi connectivity index (χ1v) is 6.22. The van der Waals surface area contributed by atoms with Gasteiger partial charge in [0.2, 0.25) is 0 Å². The Hall–Kier alpha value is -2.50. The zero-order valence-corrected chi connectivity index (χ0v) is 11.5. The molecule has 0 saturated carbocycles. The average Bonchev–Trinajstić information content (AvgIpc) is 2.79. The molecule has 0 radical (unpaired) electrons. The van der Waals surface area contributed by atoms with Gasteiger partial charge >= 0.3 is 5.97 Å². The Morgan fingerprint density at radius 2 is 2.15 bits per heavy atom. The summed E-state index contributed by atoms with van der Waals surface area (Å²) in [5.74, 6) is -0.393. The summed E-state index contributed by atoms with van der Waals surface area (Å²) in [7, 11) is 0. The van der Waals surface area contributed by atoms with E-state index in [4.69, 9.17) is 4.74 Å². The molecule has 0 aliphatic rings. The van der Waals surface area contributed by atoms with Crippen molar-refractivity contribution in [2.75, 3.05) is 0 Å². The van der Waals surface area contributed by atoms with E-state index in [1.54, 1.807) is 45.0 Å². The van der Waals surface area contributed by atoms with Crippen LogP contribution in [0.5, 0.6) is 0 Å². The zero-order valence-electron chi connectivity index (χ0n) is 11.5. The van der Waals surface area contributed by atoms with Gasteiger partial charge in [0, 0.05) is 0 Å². The Bertz CT molecular complexity index is 647. The van der Waals surface area contributed by atoms with Crippen LogP contribution in [-0.2, 0) is 4.74 Å². The highest BCUT2D eigenvalue weighted by Gasteiger charge is 2.13. The summed E-state index contributed by atoms with van der Waals surface area (Å²) in [5.41, 5.74) is 1.98. The molecule has 0 unspecified atom stereocenters. The van der Waals surface area contributed by atoms with E-state index in [9.17, 15) is 9.59 Å². The lowest BCUT2D eigenvalue weighted by Crippen LogP contribution is -2.12. The number of hydrogen-bond acceptors (Lipinski definition) is 5. The normalized spacial score (nSPS) is 10.6. The van der Waals surface area contributed by atoms with E-state index >= 15 is 0 Å². The van der Waals surface area contributed by atoms with Crippen molar-refractivity contribution in [3.63, 3.8) is 0 Å². The second-order valence-electron chi connectivity index (χ2n) is 4.59. The molecule has 0 amide bonds. The molecule has 6 nitrogen and oxygen atoms in total. The van der Waals surface area contributed by atoms with Gasteiger partial charge in [-0.15, -0.1) is 5.10 Å². The lowest BCUT2D eigenvalue weighted by Gasteiger charge is -2.09. The third-order valence-electron chi connectivity index (χ3n) is 2.71. The highest BCUT2D eigenvalue weighted by molar-refractivity contribution is 5.90. The van der Waals surface area contributed by atoms with Gasteiger partial charge in [0.1, 0.15) is 5.69 Å². The molecule has 0 N–H and O–H groups in total. The van der Waals surface area contributed by atoms with Crippen LogP contribution in [0, 0.1) is 6.92 Å². The number of rotatable bonds is 4. The molecule has 6 heteroatoms. The van der Waals surface area contributed by atoms with Crippen molar-refractivity contribution in [1.82, 2.24) is 15.0 Å². The highest BCUT2D eigenvalue weighted by Crippen LogP contribution is 2.14. The maximum Gasteiger partial charge on any atom is 0.338 e. The number of esters is 1. The predicted octanol–water partition coefficient (Wildman–Crippen LogP) is 1.95. The van der Waals surface area contributed by atoms with Crippen molar-refractivity contribution in [2.24, 2.45) is 0 Å². The van der Waals surface area contributed by atoms with Crippen LogP contribution < -0.4 is 0 Å². The van der Waals surface area contributed by atoms with Gasteiger partial charge in [-0.3, -0.25) is 4.79 Å². The Balaban J connectivity index is 2.36. The summed E-state index contributed by atoms with van der Waals surface area (Å²) in [6.45, 7) is 5.32. The Morgan fingerprint density at radius 1 is 1.40 bits per heavy atom. The second-order valence-corrected chi connectivity index (χ2v) is 4.59. The van der Waals surface area contributed by atoms with E-state index in [1.165, 1.54) is 4.68 Å². The van der Waals surface area contributed by atoms with Crippen LogP contribution in [0.1, 0.15) is 40.4 Å². The average molecular weight is 273 g/mol. The number of aromatic nitrogens is 3. The van der Waals surface area contributed by atoms with E-state index < -0.39 is 5.97 Å². The SMILES string of the molecule is Cc1c(C=O)nnn1-c1cccc(C(=O)OC(C)C)c1. The number of benzene rings is 1. The Kier molecular flexibility index (Phi) is 3.93. The van der Waals surface area contributed by atoms with Crippen LogP contribution in [0.15, 0.2) is 24.3 Å². The lowest BCUT2D eigenvalue weighted by atomic mass is 10.2. The predicted molar refractivity (Wildman–Crippen MR) is 72.0 cm³/mol. The fourth-order valence-electron chi connectivity index (χ4n) is 1.74. The van der Waals surface area contributed by atoms with Crippen LogP contribution >= 0.6 is 0 Å². The third-order valence-corrected chi connectivity index (χ3v) is 2.71. The Morgan fingerprint density at radius 3 is 2.75 bits per heavy atom. The van der Waals surface area contributed by atoms with Crippen LogP contribution in [-0.4, -0.2) is 33.4 Å². The maximum atomic E-state index is 11.9. The van der Waals surface area contributed by atoms with E-state index in [0.29, 0.717) is 23.2 Å². The van der Waals surface area contributed by atoms with E-state index in [-0.39, 0.29) is 11.8 Å². The molecule has 1 aromatic carbocycles. The van der Waals surface area contributed by atoms with Crippen molar-refractivity contribution in [3.05, 3.63) is 41.2 Å². The highest BCUT2D eigenvalue weighted by atomic mass is 16.5. The molecule has 0 bridgehead atoms. The first kappa shape index (κ1) is 13.9. The van der Waals surface area contributed by atoms with Gasteiger partial charge in [-0.2, -0.15) is 0 Å². The van der Waals surface area contributed by atoms with Crippen LogP contribution in [0.2, 0.25) is 0 Å². The molecule has 2 rings (SSSR count). The molecule has 0 atom stereocenters. The molecule has 20 heavy (non-hydrogen) atoms. The minimum atomic E-state index is -0.393. The molecule has 1 heterocycles. The van der Waals surface area contributed by atoms with Gasteiger partial charge in [-0.05, 0) is 39.0 Å². The number of hydrogen-bond donors (Lipinski definition) is 0. The minimum Gasteiger partial charge on any atom is -0.459 e. The van der Waals surface area contributed by atoms with Gasteiger partial charge in [-0.25, -0.2) is 9.48 Å². The molecule has 0 aliphatic carbocycles. The quantitative estimate of drug-likeness (QED) is 0.628. The standard InChI is InChI=1S/C14H15N3O3/c1-9(2)20-14(19)11-5-4-6-12(7-11)17-10(3)13(8-18)15-16-17/h4-9H,1-3H3. The maximum absolute atomic E-state index is 11.9. The van der Waals surface area contributed by atoms with Crippen molar-refractivity contribution in [1.29, 1.82) is 0 Å². The van der Waals surface area contributed by atoms with Gasteiger partial charge in [0.05, 0.1) is 23.0 Å². The minimum absolute atomic E-state index is 0.180. The summed E-state index contributed by atoms with van der Waals surface area (Å²) < 4.78 is 6.65. The molecule has 0 saturated heterocycles. The fourth-order valence-corrected chi connectivity index (χ4v) is 1.74. The smallest absolute Gasteiger partial charge is 0.338 e. The van der Waals surface area contributed by atoms with Crippen LogP contribution in [0.4, 0.5) is 0 Å². The van der Waals surface area contributed by atoms with Crippen LogP contribution in [0.25, 0.3) is 5.69 Å². The molecule has 104 valence electrons. The largest absolute Gasteiger partial charge is 0.459 e. The van der Waals surface area contributed by atoms with Crippen molar-refractivity contribution in [3.8, 4) is 5.69 Å². The molecular weight excluding hydrogens is 258 g/mol. The first-order valence-electron chi connectivity index (χ1n) is 6.22. The number of carbonyl (C=O) groups is 2. The summed E-state index contributed by atoms with van der Waals surface area (Å²) in [6, 6.07) is 6.83. The van der Waals surface area contributed by atoms with E-state index in [2.05, 4.69) is 10.3 Å². The summed E-state index contributed by atoms with van der Waals surface area (Å²) in [4.78, 5) is 22.6. The number of aldehydes is 1. The van der Waals surface area contributed by atoms with Crippen molar-refractivity contribution >= 4 is 12.3 Å². The number of carbonyl (C=O) groups excluding carboxylic acids is 2. The fraction of sp³-hybridized carbons (Fsp3) is 0.286. The van der Waals surface area contributed by atoms with Gasteiger partial charge in [-0.1, -0.05) is 11.3 Å². The number of ether oxygens (including phenoxy) is 1. The molecular formula is C14H15N3O3. The second kappa shape index (κ2) is 5.64. The zero-order chi connectivity index (χ0) is 14.7. The van der Waals surface area contributed by atoms with Crippen molar-refractivity contribution < 1.29 is 14.3 Å². The molecule has 1 aromatic heterocycles. The first-order chi connectivity index (χ1) is 9.52. The van der Waals surface area contributed by atoms with Gasteiger partial charge < -0.3 is 4.74 Å². The van der Waals surface area contributed by atoms with E-state index in [0.717, 1.165) is 0 Å². The summed E-state index contributed by atoms with van der Waals surface area (Å²) >= 11 is 0. The summed E-state index contributed by atoms with van der Waals surface area (Å²) in [5, 5.41) is 7.66. The Labute approximate surface area is 116 Å². The number of nitrogens with zero attached hydrogens (tertiary/aromatic N) is 3. The molecule has 2 aromatic rings. The third kappa shape index (κ3) is 2.74. The van der Waals surface area contributed by atoms with Crippen molar-refractivity contribution in [2.45, 2.75) is 26.9 Å². The molecule has 0 aliphatic heterocycles. The summed E-state index contributed by atoms with van der Waals surface area (Å²) in [6.07, 6.45) is 0.469. The topological polar surface area (TPSA) is 74.1 Å². The molecule has 0 spiro atoms. The van der Waals surface area contributed by atoms with Gasteiger partial charge in [0.15, 0.2) is 6.29 Å². The van der Waals surface area contributed by atoms with E-state index in [1.807, 2.05) is 0 Å².